The molecule has 0 radical (unpaired) electrons. The lowest BCUT2D eigenvalue weighted by atomic mass is 9.95. The van der Waals surface area contributed by atoms with E-state index < -0.39 is 10.0 Å². The minimum atomic E-state index is -3.51. The first kappa shape index (κ1) is 21.4. The molecule has 1 aromatic rings. The highest BCUT2D eigenvalue weighted by Gasteiger charge is 2.28. The summed E-state index contributed by atoms with van der Waals surface area (Å²) in [5.74, 6) is -0.130. The lowest BCUT2D eigenvalue weighted by Crippen LogP contribution is -2.44. The van der Waals surface area contributed by atoms with E-state index in [-0.39, 0.29) is 28.7 Å². The highest BCUT2D eigenvalue weighted by molar-refractivity contribution is 7.89. The molecular weight excluding hydrogens is 366 g/mol. The second-order valence-corrected chi connectivity index (χ2v) is 9.35. The highest BCUT2D eigenvalue weighted by atomic mass is 32.2. The Hall–Kier alpha value is -1.93. The molecule has 7 nitrogen and oxygen atoms in total. The molecule has 1 heterocycles. The molecule has 0 saturated carbocycles. The number of likely N-dealkylation sites (tertiary alicyclic amines) is 1. The third kappa shape index (κ3) is 5.07. The summed E-state index contributed by atoms with van der Waals surface area (Å²) in [6, 6.07) is 6.15. The van der Waals surface area contributed by atoms with E-state index in [0.717, 1.165) is 10.7 Å². The van der Waals surface area contributed by atoms with Gasteiger partial charge in [0, 0.05) is 44.7 Å². The zero-order chi connectivity index (χ0) is 20.2. The van der Waals surface area contributed by atoms with E-state index in [1.165, 1.54) is 26.2 Å². The van der Waals surface area contributed by atoms with Crippen LogP contribution in [0.15, 0.2) is 29.2 Å². The van der Waals surface area contributed by atoms with Crippen LogP contribution in [-0.2, 0) is 14.8 Å². The quantitative estimate of drug-likeness (QED) is 0.794. The Balaban J connectivity index is 1.97. The van der Waals surface area contributed by atoms with Crippen molar-refractivity contribution in [1.29, 1.82) is 0 Å². The molecule has 2 rings (SSSR count). The fourth-order valence-corrected chi connectivity index (χ4v) is 3.87. The second-order valence-electron chi connectivity index (χ2n) is 7.20. The Morgan fingerprint density at radius 2 is 1.74 bits per heavy atom. The molecule has 8 heteroatoms. The number of rotatable bonds is 6. The van der Waals surface area contributed by atoms with Crippen molar-refractivity contribution >= 4 is 21.8 Å². The minimum absolute atomic E-state index is 0.0596. The maximum absolute atomic E-state index is 12.7. The molecule has 27 heavy (non-hydrogen) atoms. The van der Waals surface area contributed by atoms with Gasteiger partial charge in [-0.05, 0) is 50.5 Å². The lowest BCUT2D eigenvalue weighted by Gasteiger charge is -2.32. The maximum Gasteiger partial charge on any atom is 0.253 e. The monoisotopic (exact) mass is 395 g/mol. The van der Waals surface area contributed by atoms with Crippen LogP contribution >= 0.6 is 0 Å². The Morgan fingerprint density at radius 1 is 1.19 bits per heavy atom. The number of sulfonamides is 1. The molecule has 1 unspecified atom stereocenters. The van der Waals surface area contributed by atoms with E-state index in [1.54, 1.807) is 17.0 Å². The van der Waals surface area contributed by atoms with E-state index in [2.05, 4.69) is 5.32 Å². The van der Waals surface area contributed by atoms with Crippen molar-refractivity contribution in [3.63, 3.8) is 0 Å². The van der Waals surface area contributed by atoms with Gasteiger partial charge in [0.2, 0.25) is 15.9 Å². The van der Waals surface area contributed by atoms with Gasteiger partial charge in [0.1, 0.15) is 0 Å². The summed E-state index contributed by atoms with van der Waals surface area (Å²) in [5, 5.41) is 3.00. The molecule has 1 saturated heterocycles. The molecule has 2 amide bonds. The van der Waals surface area contributed by atoms with E-state index >= 15 is 0 Å². The summed E-state index contributed by atoms with van der Waals surface area (Å²) in [5.41, 5.74) is 0.454. The van der Waals surface area contributed by atoms with Crippen LogP contribution in [0, 0.1) is 5.92 Å². The normalized spacial score (nSPS) is 17.0. The zero-order valence-electron chi connectivity index (χ0n) is 16.4. The van der Waals surface area contributed by atoms with Gasteiger partial charge in [-0.1, -0.05) is 6.92 Å². The van der Waals surface area contributed by atoms with Crippen LogP contribution in [0.5, 0.6) is 0 Å². The molecule has 0 bridgehead atoms. The first-order valence-electron chi connectivity index (χ1n) is 9.29. The summed E-state index contributed by atoms with van der Waals surface area (Å²) in [4.78, 5) is 26.8. The standard InChI is InChI=1S/C19H29N3O4S/c1-5-14(2)20-18(23)15-10-12-22(13-11-15)19(24)16-6-8-17(9-7-16)27(25,26)21(3)4/h6-9,14-15H,5,10-13H2,1-4H3,(H,20,23). The fraction of sp³-hybridized carbons (Fsp3) is 0.579. The fourth-order valence-electron chi connectivity index (χ4n) is 2.97. The number of benzene rings is 1. The van der Waals surface area contributed by atoms with Gasteiger partial charge in [0.15, 0.2) is 0 Å². The Morgan fingerprint density at radius 3 is 2.22 bits per heavy atom. The van der Waals surface area contributed by atoms with Crippen molar-refractivity contribution < 1.29 is 18.0 Å². The van der Waals surface area contributed by atoms with Crippen LogP contribution in [0.2, 0.25) is 0 Å². The number of carbonyl (C=O) groups excluding carboxylic acids is 2. The summed E-state index contributed by atoms with van der Waals surface area (Å²) in [6.45, 7) is 5.06. The zero-order valence-corrected chi connectivity index (χ0v) is 17.3. The molecule has 1 fully saturated rings. The largest absolute Gasteiger partial charge is 0.353 e. The predicted molar refractivity (Wildman–Crippen MR) is 104 cm³/mol. The van der Waals surface area contributed by atoms with Crippen LogP contribution < -0.4 is 5.32 Å². The van der Waals surface area contributed by atoms with Gasteiger partial charge in [-0.25, -0.2) is 12.7 Å². The molecule has 1 aliphatic rings. The first-order valence-corrected chi connectivity index (χ1v) is 10.7. The van der Waals surface area contributed by atoms with E-state index in [9.17, 15) is 18.0 Å². The number of nitrogens with zero attached hydrogens (tertiary/aromatic N) is 2. The molecule has 1 atom stereocenters. The van der Waals surface area contributed by atoms with E-state index in [0.29, 0.717) is 31.5 Å². The number of hydrogen-bond acceptors (Lipinski definition) is 4. The van der Waals surface area contributed by atoms with Gasteiger partial charge < -0.3 is 10.2 Å². The van der Waals surface area contributed by atoms with Crippen molar-refractivity contribution in [1.82, 2.24) is 14.5 Å². The third-order valence-corrected chi connectivity index (χ3v) is 6.86. The first-order chi connectivity index (χ1) is 12.7. The van der Waals surface area contributed by atoms with Gasteiger partial charge in [0.25, 0.3) is 5.91 Å². The number of hydrogen-bond donors (Lipinski definition) is 1. The van der Waals surface area contributed by atoms with Crippen LogP contribution in [0.1, 0.15) is 43.5 Å². The second kappa shape index (κ2) is 8.84. The van der Waals surface area contributed by atoms with Crippen molar-refractivity contribution in [2.45, 2.75) is 44.0 Å². The average molecular weight is 396 g/mol. The van der Waals surface area contributed by atoms with E-state index in [4.69, 9.17) is 0 Å². The van der Waals surface area contributed by atoms with Gasteiger partial charge in [-0.3, -0.25) is 9.59 Å². The number of carbonyl (C=O) groups is 2. The summed E-state index contributed by atoms with van der Waals surface area (Å²) >= 11 is 0. The van der Waals surface area contributed by atoms with E-state index in [1.807, 2.05) is 13.8 Å². The van der Waals surface area contributed by atoms with Gasteiger partial charge in [-0.2, -0.15) is 0 Å². The third-order valence-electron chi connectivity index (χ3n) is 5.03. The molecule has 1 N–H and O–H groups in total. The molecule has 1 aliphatic heterocycles. The highest BCUT2D eigenvalue weighted by Crippen LogP contribution is 2.21. The predicted octanol–water partition coefficient (Wildman–Crippen LogP) is 1.70. The summed E-state index contributed by atoms with van der Waals surface area (Å²) < 4.78 is 25.3. The molecule has 0 aromatic heterocycles. The van der Waals surface area contributed by atoms with Crippen LogP contribution in [0.4, 0.5) is 0 Å². The SMILES string of the molecule is CCC(C)NC(=O)C1CCN(C(=O)c2ccc(S(=O)(=O)N(C)C)cc2)CC1. The maximum atomic E-state index is 12.7. The average Bonchev–Trinajstić information content (AvgIpc) is 2.67. The minimum Gasteiger partial charge on any atom is -0.353 e. The van der Waals surface area contributed by atoms with Gasteiger partial charge in [-0.15, -0.1) is 0 Å². The van der Waals surface area contributed by atoms with Crippen molar-refractivity contribution in [2.75, 3.05) is 27.2 Å². The van der Waals surface area contributed by atoms with Crippen LogP contribution in [0.25, 0.3) is 0 Å². The number of piperidine rings is 1. The van der Waals surface area contributed by atoms with Gasteiger partial charge >= 0.3 is 0 Å². The van der Waals surface area contributed by atoms with Crippen LogP contribution in [0.3, 0.4) is 0 Å². The molecule has 0 aliphatic carbocycles. The molecular formula is C19H29N3O4S. The Labute approximate surface area is 161 Å². The Kier molecular flexibility index (Phi) is 7.00. The van der Waals surface area contributed by atoms with Crippen LogP contribution in [-0.4, -0.2) is 62.7 Å². The number of nitrogens with one attached hydrogen (secondary N) is 1. The molecule has 1 aromatic carbocycles. The number of amides is 2. The van der Waals surface area contributed by atoms with Crippen molar-refractivity contribution in [2.24, 2.45) is 5.92 Å². The molecule has 0 spiro atoms. The topological polar surface area (TPSA) is 86.8 Å². The van der Waals surface area contributed by atoms with Crippen molar-refractivity contribution in [3.05, 3.63) is 29.8 Å². The Bertz CT molecular complexity index is 767. The van der Waals surface area contributed by atoms with Crippen molar-refractivity contribution in [3.8, 4) is 0 Å². The smallest absolute Gasteiger partial charge is 0.253 e. The molecule has 150 valence electrons. The summed E-state index contributed by atoms with van der Waals surface area (Å²) in [7, 11) is -0.573. The summed E-state index contributed by atoms with van der Waals surface area (Å²) in [6.07, 6.45) is 2.17. The lowest BCUT2D eigenvalue weighted by molar-refractivity contribution is -0.126. The van der Waals surface area contributed by atoms with Gasteiger partial charge in [0.05, 0.1) is 4.90 Å².